The Morgan fingerprint density at radius 3 is 2.70 bits per heavy atom. The predicted molar refractivity (Wildman–Crippen MR) is 136 cm³/mol. The van der Waals surface area contributed by atoms with Gasteiger partial charge in [-0.1, -0.05) is 6.07 Å². The number of imidazole rings is 1. The zero-order chi connectivity index (χ0) is 25.6. The minimum atomic E-state index is -4.06. The molecule has 186 valence electrons. The monoisotopic (exact) mass is 515 g/mol. The normalized spacial score (nSPS) is 14.8. The lowest BCUT2D eigenvalue weighted by Gasteiger charge is -2.13. The molecule has 5 aromatic rings. The SMILES string of the molecule is COc1ncc2cc1NS(=O)(=O)c1cccc(c1)C(=O)NCCn1cc(cn1)-c1cnc3ccc-2cn13. The number of hydrogen-bond acceptors (Lipinski definition) is 7. The molecule has 6 rings (SSSR count). The number of sulfonamides is 1. The maximum Gasteiger partial charge on any atom is 0.262 e. The molecule has 8 bridgehead atoms. The van der Waals surface area contributed by atoms with Crippen molar-refractivity contribution in [2.45, 2.75) is 11.4 Å². The molecule has 0 fully saturated rings. The van der Waals surface area contributed by atoms with Crippen LogP contribution >= 0.6 is 0 Å². The molecule has 0 atom stereocenters. The molecule has 0 saturated carbocycles. The van der Waals surface area contributed by atoms with Gasteiger partial charge in [-0.25, -0.2) is 18.4 Å². The van der Waals surface area contributed by atoms with Crippen molar-refractivity contribution >= 4 is 27.3 Å². The standard InChI is InChI=1S/C25H21N7O4S/c1-36-25-21-10-18(11-28-25)17-5-6-23-27-13-22(32(23)15-17)19-12-29-31(14-19)8-7-26-24(33)16-3-2-4-20(9-16)37(34,35)30-21/h2-6,9-15,30H,7-8H2,1H3,(H,26,33). The summed E-state index contributed by atoms with van der Waals surface area (Å²) in [6.45, 7) is 0.742. The van der Waals surface area contributed by atoms with Gasteiger partial charge in [-0.3, -0.25) is 18.6 Å². The Balaban J connectivity index is 1.52. The van der Waals surface area contributed by atoms with Gasteiger partial charge in [-0.2, -0.15) is 5.10 Å². The molecular formula is C25H21N7O4S. The van der Waals surface area contributed by atoms with Gasteiger partial charge in [-0.05, 0) is 36.4 Å². The quantitative estimate of drug-likeness (QED) is 0.351. The molecule has 0 saturated heterocycles. The van der Waals surface area contributed by atoms with Gasteiger partial charge in [0.05, 0.1) is 36.6 Å². The fourth-order valence-corrected chi connectivity index (χ4v) is 5.32. The molecule has 0 unspecified atom stereocenters. The summed E-state index contributed by atoms with van der Waals surface area (Å²) in [5.41, 5.74) is 4.29. The molecule has 1 amide bonds. The van der Waals surface area contributed by atoms with Crippen molar-refractivity contribution in [3.8, 4) is 28.3 Å². The average molecular weight is 516 g/mol. The molecule has 0 radical (unpaired) electrons. The summed E-state index contributed by atoms with van der Waals surface area (Å²) >= 11 is 0. The number of aromatic nitrogens is 5. The van der Waals surface area contributed by atoms with Crippen LogP contribution in [0.3, 0.4) is 0 Å². The summed E-state index contributed by atoms with van der Waals surface area (Å²) in [5.74, 6) is -0.277. The Hall–Kier alpha value is -4.71. The fraction of sp³-hybridized carbons (Fsp3) is 0.120. The highest BCUT2D eigenvalue weighted by Gasteiger charge is 2.20. The van der Waals surface area contributed by atoms with Crippen LogP contribution in [0.1, 0.15) is 10.4 Å². The summed E-state index contributed by atoms with van der Waals surface area (Å²) in [4.78, 5) is 21.5. The molecule has 0 spiro atoms. The van der Waals surface area contributed by atoms with Crippen LogP contribution in [0.25, 0.3) is 28.0 Å². The number of ether oxygens (including phenoxy) is 1. The minimum absolute atomic E-state index is 0.0632. The highest BCUT2D eigenvalue weighted by molar-refractivity contribution is 7.92. The van der Waals surface area contributed by atoms with E-state index in [1.54, 1.807) is 35.4 Å². The Bertz CT molecular complexity index is 1770. The number of nitrogens with zero attached hydrogens (tertiary/aromatic N) is 5. The summed E-state index contributed by atoms with van der Waals surface area (Å²) in [6.07, 6.45) is 8.93. The van der Waals surface area contributed by atoms with Gasteiger partial charge in [0.1, 0.15) is 11.3 Å². The first-order valence-corrected chi connectivity index (χ1v) is 12.8. The van der Waals surface area contributed by atoms with Gasteiger partial charge < -0.3 is 10.1 Å². The maximum absolute atomic E-state index is 13.3. The van der Waals surface area contributed by atoms with E-state index < -0.39 is 15.9 Å². The van der Waals surface area contributed by atoms with Gasteiger partial charge in [0.2, 0.25) is 5.88 Å². The first kappa shape index (κ1) is 22.7. The van der Waals surface area contributed by atoms with Gasteiger partial charge in [-0.15, -0.1) is 0 Å². The van der Waals surface area contributed by atoms with Crippen LogP contribution in [-0.2, 0) is 16.6 Å². The second-order valence-corrected chi connectivity index (χ2v) is 10.1. The number of methoxy groups -OCH3 is 1. The predicted octanol–water partition coefficient (Wildman–Crippen LogP) is 2.81. The second kappa shape index (κ2) is 8.75. The van der Waals surface area contributed by atoms with Crippen LogP contribution in [0, 0.1) is 0 Å². The molecule has 1 aromatic carbocycles. The lowest BCUT2D eigenvalue weighted by atomic mass is 10.1. The largest absolute Gasteiger partial charge is 0.480 e. The molecule has 0 aliphatic carbocycles. The number of carbonyl (C=O) groups excluding carboxylic acids is 1. The van der Waals surface area contributed by atoms with Crippen molar-refractivity contribution < 1.29 is 17.9 Å². The van der Waals surface area contributed by atoms with Crippen LogP contribution in [-0.4, -0.2) is 52.1 Å². The highest BCUT2D eigenvalue weighted by Crippen LogP contribution is 2.31. The van der Waals surface area contributed by atoms with Crippen molar-refractivity contribution in [1.29, 1.82) is 0 Å². The molecule has 2 N–H and O–H groups in total. The summed E-state index contributed by atoms with van der Waals surface area (Å²) in [6, 6.07) is 11.3. The molecule has 12 heteroatoms. The summed E-state index contributed by atoms with van der Waals surface area (Å²) < 4.78 is 38.1. The molecule has 4 aromatic heterocycles. The van der Waals surface area contributed by atoms with Crippen LogP contribution < -0.4 is 14.8 Å². The van der Waals surface area contributed by atoms with E-state index in [9.17, 15) is 13.2 Å². The Morgan fingerprint density at radius 2 is 1.84 bits per heavy atom. The van der Waals surface area contributed by atoms with Crippen LogP contribution in [0.5, 0.6) is 5.88 Å². The van der Waals surface area contributed by atoms with Gasteiger partial charge in [0, 0.05) is 47.4 Å². The van der Waals surface area contributed by atoms with E-state index in [4.69, 9.17) is 4.74 Å². The number of rotatable bonds is 1. The topological polar surface area (TPSA) is 133 Å². The van der Waals surface area contributed by atoms with Crippen LogP contribution in [0.2, 0.25) is 0 Å². The zero-order valence-electron chi connectivity index (χ0n) is 19.6. The lowest BCUT2D eigenvalue weighted by Crippen LogP contribution is -2.27. The first-order chi connectivity index (χ1) is 17.9. The van der Waals surface area contributed by atoms with E-state index in [0.29, 0.717) is 18.7 Å². The van der Waals surface area contributed by atoms with Gasteiger partial charge >= 0.3 is 0 Å². The van der Waals surface area contributed by atoms with Gasteiger partial charge in [0.25, 0.3) is 15.9 Å². The number of carbonyl (C=O) groups is 1. The van der Waals surface area contributed by atoms with Crippen LogP contribution in [0.15, 0.2) is 78.3 Å². The van der Waals surface area contributed by atoms with E-state index in [0.717, 1.165) is 22.5 Å². The third kappa shape index (κ3) is 4.16. The highest BCUT2D eigenvalue weighted by atomic mass is 32.2. The molecule has 11 nitrogen and oxygen atoms in total. The second-order valence-electron chi connectivity index (χ2n) is 8.45. The summed E-state index contributed by atoms with van der Waals surface area (Å²) in [7, 11) is -2.64. The van der Waals surface area contributed by atoms with Crippen molar-refractivity contribution in [3.63, 3.8) is 0 Å². The third-order valence-electron chi connectivity index (χ3n) is 6.09. The Kier molecular flexibility index (Phi) is 5.37. The molecule has 1 aliphatic rings. The summed E-state index contributed by atoms with van der Waals surface area (Å²) in [5, 5.41) is 7.23. The van der Waals surface area contributed by atoms with E-state index in [1.165, 1.54) is 25.3 Å². The number of pyridine rings is 2. The number of amides is 1. The fourth-order valence-electron chi connectivity index (χ4n) is 4.22. The van der Waals surface area contributed by atoms with E-state index in [2.05, 4.69) is 25.1 Å². The Labute approximate surface area is 211 Å². The van der Waals surface area contributed by atoms with E-state index in [1.807, 2.05) is 28.9 Å². The zero-order valence-corrected chi connectivity index (χ0v) is 20.4. The van der Waals surface area contributed by atoms with Crippen LogP contribution in [0.4, 0.5) is 5.69 Å². The van der Waals surface area contributed by atoms with E-state index >= 15 is 0 Å². The number of fused-ring (bicyclic) bond motifs is 9. The lowest BCUT2D eigenvalue weighted by molar-refractivity contribution is 0.0951. The van der Waals surface area contributed by atoms with E-state index in [-0.39, 0.29) is 22.0 Å². The first-order valence-electron chi connectivity index (χ1n) is 11.4. The average Bonchev–Trinajstić information content (AvgIpc) is 3.54. The number of anilines is 1. The molecule has 37 heavy (non-hydrogen) atoms. The number of benzene rings is 1. The van der Waals surface area contributed by atoms with Crippen molar-refractivity contribution in [1.82, 2.24) is 29.5 Å². The molecular weight excluding hydrogens is 494 g/mol. The van der Waals surface area contributed by atoms with Crippen molar-refractivity contribution in [2.75, 3.05) is 18.4 Å². The molecule has 1 aliphatic heterocycles. The smallest absolute Gasteiger partial charge is 0.262 e. The van der Waals surface area contributed by atoms with Gasteiger partial charge in [0.15, 0.2) is 0 Å². The molecule has 5 heterocycles. The number of hydrogen-bond donors (Lipinski definition) is 2. The number of nitrogens with one attached hydrogen (secondary N) is 2. The third-order valence-corrected chi connectivity index (χ3v) is 7.45. The Morgan fingerprint density at radius 1 is 0.946 bits per heavy atom. The van der Waals surface area contributed by atoms with Crippen molar-refractivity contribution in [3.05, 3.63) is 79.0 Å². The minimum Gasteiger partial charge on any atom is -0.480 e. The maximum atomic E-state index is 13.3. The van der Waals surface area contributed by atoms with Crippen molar-refractivity contribution in [2.24, 2.45) is 0 Å².